The number of pyridine rings is 1. The van der Waals surface area contributed by atoms with Crippen LogP contribution in [0.15, 0.2) is 24.7 Å². The maximum Gasteiger partial charge on any atom is 0.252 e. The smallest absolute Gasteiger partial charge is 0.252 e. The second kappa shape index (κ2) is 6.68. The van der Waals surface area contributed by atoms with E-state index in [1.165, 1.54) is 12.4 Å². The molecule has 0 aliphatic rings. The van der Waals surface area contributed by atoms with Crippen molar-refractivity contribution in [3.63, 3.8) is 0 Å². The van der Waals surface area contributed by atoms with Gasteiger partial charge in [-0.2, -0.15) is 5.10 Å². The van der Waals surface area contributed by atoms with E-state index in [0.29, 0.717) is 17.7 Å². The van der Waals surface area contributed by atoms with Gasteiger partial charge in [0.25, 0.3) is 5.91 Å². The number of nitrogens with zero attached hydrogens (tertiary/aromatic N) is 3. The van der Waals surface area contributed by atoms with E-state index in [-0.39, 0.29) is 12.5 Å². The molecule has 6 heteroatoms. The van der Waals surface area contributed by atoms with Gasteiger partial charge >= 0.3 is 0 Å². The highest BCUT2D eigenvalue weighted by molar-refractivity contribution is 5.96. The topological polar surface area (TPSA) is 80.0 Å². The molecule has 2 N–H and O–H groups in total. The molecule has 0 spiro atoms. The minimum Gasteiger partial charge on any atom is -0.384 e. The molecule has 2 rings (SSSR count). The molecule has 0 radical (unpaired) electrons. The third kappa shape index (κ3) is 3.68. The Morgan fingerprint density at radius 1 is 1.52 bits per heavy atom. The van der Waals surface area contributed by atoms with Crippen molar-refractivity contribution in [3.05, 3.63) is 47.0 Å². The average Bonchev–Trinajstić information content (AvgIpc) is 2.81. The summed E-state index contributed by atoms with van der Waals surface area (Å²) < 4.78 is 1.71. The lowest BCUT2D eigenvalue weighted by Gasteiger charge is -2.06. The summed E-state index contributed by atoms with van der Waals surface area (Å²) in [7, 11) is 1.84. The second-order valence-electron chi connectivity index (χ2n) is 4.48. The molecule has 2 heterocycles. The molecule has 2 aromatic rings. The fourth-order valence-corrected chi connectivity index (χ4v) is 1.92. The van der Waals surface area contributed by atoms with Crippen molar-refractivity contribution < 1.29 is 9.90 Å². The van der Waals surface area contributed by atoms with Crippen LogP contribution >= 0.6 is 0 Å². The Morgan fingerprint density at radius 2 is 2.33 bits per heavy atom. The minimum atomic E-state index is -0.259. The predicted molar refractivity (Wildman–Crippen MR) is 77.3 cm³/mol. The molecule has 0 saturated carbocycles. The van der Waals surface area contributed by atoms with Crippen LogP contribution in [0.1, 0.15) is 27.2 Å². The number of aryl methyl sites for hydroxylation is 2. The quantitative estimate of drug-likeness (QED) is 0.799. The Labute approximate surface area is 122 Å². The fraction of sp³-hybridized carbons (Fsp3) is 0.267. The van der Waals surface area contributed by atoms with Crippen LogP contribution in [0.4, 0.5) is 0 Å². The number of aliphatic hydroxyl groups is 1. The van der Waals surface area contributed by atoms with Crippen molar-refractivity contribution >= 4 is 5.91 Å². The molecule has 0 unspecified atom stereocenters. The molecule has 0 aliphatic heterocycles. The third-order valence-electron chi connectivity index (χ3n) is 2.92. The molecule has 21 heavy (non-hydrogen) atoms. The van der Waals surface area contributed by atoms with Gasteiger partial charge in [-0.1, -0.05) is 11.8 Å². The number of nitrogens with one attached hydrogen (secondary N) is 1. The van der Waals surface area contributed by atoms with Crippen molar-refractivity contribution in [1.29, 1.82) is 0 Å². The maximum absolute atomic E-state index is 12.2. The van der Waals surface area contributed by atoms with Gasteiger partial charge in [0.15, 0.2) is 0 Å². The molecule has 0 bridgehead atoms. The van der Waals surface area contributed by atoms with Gasteiger partial charge in [0.1, 0.15) is 6.61 Å². The lowest BCUT2D eigenvalue weighted by Crippen LogP contribution is -2.24. The second-order valence-corrected chi connectivity index (χ2v) is 4.48. The monoisotopic (exact) mass is 284 g/mol. The minimum absolute atomic E-state index is 0.233. The summed E-state index contributed by atoms with van der Waals surface area (Å²) >= 11 is 0. The maximum atomic E-state index is 12.2. The van der Waals surface area contributed by atoms with E-state index >= 15 is 0 Å². The molecule has 0 saturated heterocycles. The predicted octanol–water partition coefficient (Wildman–Crippen LogP) is 0.397. The number of hydrogen-bond acceptors (Lipinski definition) is 4. The average molecular weight is 284 g/mol. The van der Waals surface area contributed by atoms with E-state index in [9.17, 15) is 4.79 Å². The number of hydrogen-bond donors (Lipinski definition) is 2. The number of carbonyl (C=O) groups is 1. The summed E-state index contributed by atoms with van der Waals surface area (Å²) in [5, 5.41) is 15.8. The Bertz CT molecular complexity index is 710. The number of aromatic nitrogens is 3. The van der Waals surface area contributed by atoms with Crippen LogP contribution < -0.4 is 5.32 Å². The first kappa shape index (κ1) is 14.8. The van der Waals surface area contributed by atoms with Crippen molar-refractivity contribution in [2.24, 2.45) is 7.05 Å². The Hall–Kier alpha value is -2.65. The number of amides is 1. The van der Waals surface area contributed by atoms with E-state index < -0.39 is 0 Å². The highest BCUT2D eigenvalue weighted by atomic mass is 16.2. The van der Waals surface area contributed by atoms with Crippen LogP contribution in [0.5, 0.6) is 0 Å². The summed E-state index contributed by atoms with van der Waals surface area (Å²) in [4.78, 5) is 16.2. The van der Waals surface area contributed by atoms with Crippen LogP contribution in [0, 0.1) is 18.8 Å². The molecule has 6 nitrogen and oxygen atoms in total. The van der Waals surface area contributed by atoms with Gasteiger partial charge in [-0.3, -0.25) is 14.5 Å². The standard InChI is InChI=1S/C15H16N4O2/c1-11-13(10-19(2)18-11)9-17-15(21)14-5-6-16-8-12(14)4-3-7-20/h5-6,8,10,20H,7,9H2,1-2H3,(H,17,21). The van der Waals surface area contributed by atoms with Gasteiger partial charge in [0.05, 0.1) is 16.8 Å². The van der Waals surface area contributed by atoms with Gasteiger partial charge < -0.3 is 10.4 Å². The summed E-state index contributed by atoms with van der Waals surface area (Å²) in [6.07, 6.45) is 4.91. The summed E-state index contributed by atoms with van der Waals surface area (Å²) in [5.41, 5.74) is 2.77. The highest BCUT2D eigenvalue weighted by Crippen LogP contribution is 2.08. The van der Waals surface area contributed by atoms with E-state index in [0.717, 1.165) is 11.3 Å². The molecule has 1 amide bonds. The number of rotatable bonds is 3. The molecule has 0 aromatic carbocycles. The van der Waals surface area contributed by atoms with Gasteiger partial charge in [0, 0.05) is 37.7 Å². The van der Waals surface area contributed by atoms with Crippen molar-refractivity contribution in [2.75, 3.05) is 6.61 Å². The van der Waals surface area contributed by atoms with Crippen LogP contribution in [0.3, 0.4) is 0 Å². The van der Waals surface area contributed by atoms with Gasteiger partial charge in [-0.15, -0.1) is 0 Å². The van der Waals surface area contributed by atoms with Crippen molar-refractivity contribution in [2.45, 2.75) is 13.5 Å². The summed E-state index contributed by atoms with van der Waals surface area (Å²) in [6, 6.07) is 1.60. The van der Waals surface area contributed by atoms with Gasteiger partial charge in [-0.05, 0) is 13.0 Å². The lowest BCUT2D eigenvalue weighted by atomic mass is 10.1. The zero-order chi connectivity index (χ0) is 15.2. The molecule has 108 valence electrons. The first-order valence-corrected chi connectivity index (χ1v) is 6.43. The SMILES string of the molecule is Cc1nn(C)cc1CNC(=O)c1ccncc1C#CCO. The van der Waals surface area contributed by atoms with Gasteiger partial charge in [0.2, 0.25) is 0 Å². The van der Waals surface area contributed by atoms with Crippen molar-refractivity contribution in [1.82, 2.24) is 20.1 Å². The highest BCUT2D eigenvalue weighted by Gasteiger charge is 2.11. The number of aliphatic hydroxyl groups excluding tert-OH is 1. The molecular weight excluding hydrogens is 268 g/mol. The lowest BCUT2D eigenvalue weighted by molar-refractivity contribution is 0.0950. The largest absolute Gasteiger partial charge is 0.384 e. The van der Waals surface area contributed by atoms with Crippen LogP contribution in [0.2, 0.25) is 0 Å². The molecular formula is C15H16N4O2. The summed E-state index contributed by atoms with van der Waals surface area (Å²) in [5.74, 6) is 5.00. The fourth-order valence-electron chi connectivity index (χ4n) is 1.92. The van der Waals surface area contributed by atoms with Gasteiger partial charge in [-0.25, -0.2) is 0 Å². The van der Waals surface area contributed by atoms with E-state index in [1.54, 1.807) is 10.7 Å². The van der Waals surface area contributed by atoms with E-state index in [4.69, 9.17) is 5.11 Å². The first-order chi connectivity index (χ1) is 10.1. The normalized spacial score (nSPS) is 9.86. The number of carbonyl (C=O) groups excluding carboxylic acids is 1. The Morgan fingerprint density at radius 3 is 3.00 bits per heavy atom. The zero-order valence-electron chi connectivity index (χ0n) is 11.9. The first-order valence-electron chi connectivity index (χ1n) is 6.43. The summed E-state index contributed by atoms with van der Waals surface area (Å²) in [6.45, 7) is 2.03. The van der Waals surface area contributed by atoms with Crippen LogP contribution in [-0.2, 0) is 13.6 Å². The van der Waals surface area contributed by atoms with Crippen molar-refractivity contribution in [3.8, 4) is 11.8 Å². The third-order valence-corrected chi connectivity index (χ3v) is 2.92. The van der Waals surface area contributed by atoms with E-state index in [1.807, 2.05) is 20.2 Å². The zero-order valence-corrected chi connectivity index (χ0v) is 11.9. The van der Waals surface area contributed by atoms with E-state index in [2.05, 4.69) is 27.2 Å². The Kier molecular flexibility index (Phi) is 4.69. The molecule has 2 aromatic heterocycles. The molecule has 0 fully saturated rings. The Balaban J connectivity index is 2.12. The molecule has 0 aliphatic carbocycles. The molecule has 0 atom stereocenters. The van der Waals surface area contributed by atoms with Crippen LogP contribution in [-0.4, -0.2) is 32.4 Å². The van der Waals surface area contributed by atoms with Crippen LogP contribution in [0.25, 0.3) is 0 Å².